The molecule has 0 aliphatic carbocycles. The van der Waals surface area contributed by atoms with Crippen LogP contribution in [0.3, 0.4) is 0 Å². The number of nitrogens with one attached hydrogen (secondary N) is 1. The number of nitrogens with zero attached hydrogens (tertiary/aromatic N) is 2. The fourth-order valence-corrected chi connectivity index (χ4v) is 3.40. The van der Waals surface area contributed by atoms with Gasteiger partial charge in [-0.3, -0.25) is 0 Å². The predicted molar refractivity (Wildman–Crippen MR) is 119 cm³/mol. The van der Waals surface area contributed by atoms with Gasteiger partial charge in [0.15, 0.2) is 17.3 Å². The SMILES string of the molecule is COc1cc(-c2nc(Nc3cccc(Cl)c3)c3ccccc3n2)cc(OC)c1OC. The number of anilines is 2. The number of hydrogen-bond acceptors (Lipinski definition) is 6. The van der Waals surface area contributed by atoms with Crippen LogP contribution < -0.4 is 19.5 Å². The van der Waals surface area contributed by atoms with E-state index in [-0.39, 0.29) is 0 Å². The molecule has 0 unspecified atom stereocenters. The molecular weight excluding hydrogens is 402 g/mol. The van der Waals surface area contributed by atoms with Crippen LogP contribution >= 0.6 is 11.6 Å². The van der Waals surface area contributed by atoms with Crippen LogP contribution in [0.5, 0.6) is 17.2 Å². The summed E-state index contributed by atoms with van der Waals surface area (Å²) < 4.78 is 16.4. The molecule has 1 N–H and O–H groups in total. The molecule has 0 aliphatic rings. The fraction of sp³-hybridized carbons (Fsp3) is 0.130. The van der Waals surface area contributed by atoms with E-state index in [4.69, 9.17) is 35.8 Å². The number of rotatable bonds is 6. The van der Waals surface area contributed by atoms with Gasteiger partial charge in [-0.2, -0.15) is 0 Å². The minimum Gasteiger partial charge on any atom is -0.493 e. The second-order valence-corrected chi connectivity index (χ2v) is 6.90. The zero-order valence-electron chi connectivity index (χ0n) is 16.8. The first-order valence-corrected chi connectivity index (χ1v) is 9.60. The summed E-state index contributed by atoms with van der Waals surface area (Å²) in [6, 6.07) is 19.0. The third-order valence-corrected chi connectivity index (χ3v) is 4.85. The van der Waals surface area contributed by atoms with Gasteiger partial charge in [0, 0.05) is 21.7 Å². The van der Waals surface area contributed by atoms with Gasteiger partial charge in [0.2, 0.25) is 5.75 Å². The Morgan fingerprint density at radius 3 is 2.20 bits per heavy atom. The summed E-state index contributed by atoms with van der Waals surface area (Å²) in [5.41, 5.74) is 2.38. The molecule has 0 spiro atoms. The molecule has 0 fully saturated rings. The standard InChI is InChI=1S/C23H20ClN3O3/c1-28-19-11-14(12-20(29-2)21(19)30-3)22-26-18-10-5-4-9-17(18)23(27-22)25-16-8-6-7-15(24)13-16/h4-13H,1-3H3,(H,25,26,27). The minimum atomic E-state index is 0.516. The lowest BCUT2D eigenvalue weighted by molar-refractivity contribution is 0.324. The van der Waals surface area contributed by atoms with Crippen LogP contribution in [0.25, 0.3) is 22.3 Å². The second kappa shape index (κ2) is 8.47. The van der Waals surface area contributed by atoms with Gasteiger partial charge in [-0.25, -0.2) is 9.97 Å². The molecular formula is C23H20ClN3O3. The highest BCUT2D eigenvalue weighted by Crippen LogP contribution is 2.41. The maximum absolute atomic E-state index is 6.14. The number of hydrogen-bond donors (Lipinski definition) is 1. The largest absolute Gasteiger partial charge is 0.493 e. The monoisotopic (exact) mass is 421 g/mol. The smallest absolute Gasteiger partial charge is 0.203 e. The van der Waals surface area contributed by atoms with E-state index in [1.165, 1.54) is 0 Å². The number of para-hydroxylation sites is 1. The summed E-state index contributed by atoms with van der Waals surface area (Å²) in [5, 5.41) is 4.89. The van der Waals surface area contributed by atoms with Crippen LogP contribution in [-0.4, -0.2) is 31.3 Å². The van der Waals surface area contributed by atoms with Crippen molar-refractivity contribution < 1.29 is 14.2 Å². The molecule has 152 valence electrons. The quantitative estimate of drug-likeness (QED) is 0.429. The second-order valence-electron chi connectivity index (χ2n) is 6.46. The highest BCUT2D eigenvalue weighted by Gasteiger charge is 2.17. The normalized spacial score (nSPS) is 10.7. The summed E-state index contributed by atoms with van der Waals surface area (Å²) in [7, 11) is 4.72. The zero-order valence-corrected chi connectivity index (χ0v) is 17.5. The Balaban J connectivity index is 1.88. The number of methoxy groups -OCH3 is 3. The van der Waals surface area contributed by atoms with Crippen molar-refractivity contribution in [3.63, 3.8) is 0 Å². The van der Waals surface area contributed by atoms with Crippen molar-refractivity contribution in [2.24, 2.45) is 0 Å². The van der Waals surface area contributed by atoms with E-state index in [0.717, 1.165) is 22.2 Å². The first-order valence-electron chi connectivity index (χ1n) is 9.22. The van der Waals surface area contributed by atoms with Gasteiger partial charge in [-0.1, -0.05) is 29.8 Å². The number of aromatic nitrogens is 2. The number of fused-ring (bicyclic) bond motifs is 1. The van der Waals surface area contributed by atoms with Gasteiger partial charge in [0.05, 0.1) is 26.8 Å². The van der Waals surface area contributed by atoms with Crippen molar-refractivity contribution in [1.29, 1.82) is 0 Å². The number of ether oxygens (including phenoxy) is 3. The predicted octanol–water partition coefficient (Wildman–Crippen LogP) is 5.72. The van der Waals surface area contributed by atoms with Crippen molar-refractivity contribution in [2.45, 2.75) is 0 Å². The number of benzene rings is 3. The molecule has 0 atom stereocenters. The van der Waals surface area contributed by atoms with E-state index in [9.17, 15) is 0 Å². The molecule has 7 heteroatoms. The van der Waals surface area contributed by atoms with E-state index >= 15 is 0 Å². The van der Waals surface area contributed by atoms with Gasteiger partial charge in [0.1, 0.15) is 5.82 Å². The highest BCUT2D eigenvalue weighted by atomic mass is 35.5. The van der Waals surface area contributed by atoms with E-state index in [1.807, 2.05) is 60.7 Å². The van der Waals surface area contributed by atoms with Crippen molar-refractivity contribution in [1.82, 2.24) is 9.97 Å². The van der Waals surface area contributed by atoms with E-state index in [2.05, 4.69) is 5.32 Å². The average Bonchev–Trinajstić information content (AvgIpc) is 2.78. The van der Waals surface area contributed by atoms with Crippen molar-refractivity contribution in [3.05, 3.63) is 65.7 Å². The summed E-state index contributed by atoms with van der Waals surface area (Å²) in [5.74, 6) is 2.78. The third-order valence-electron chi connectivity index (χ3n) is 4.61. The van der Waals surface area contributed by atoms with E-state index in [0.29, 0.717) is 33.9 Å². The molecule has 4 aromatic rings. The molecule has 0 saturated carbocycles. The van der Waals surface area contributed by atoms with Crippen LogP contribution in [0.15, 0.2) is 60.7 Å². The first kappa shape index (κ1) is 19.8. The van der Waals surface area contributed by atoms with Gasteiger partial charge in [0.25, 0.3) is 0 Å². The van der Waals surface area contributed by atoms with Gasteiger partial charge in [-0.05, 0) is 42.5 Å². The average molecular weight is 422 g/mol. The Morgan fingerprint density at radius 1 is 0.800 bits per heavy atom. The summed E-state index contributed by atoms with van der Waals surface area (Å²) in [4.78, 5) is 9.53. The van der Waals surface area contributed by atoms with Crippen molar-refractivity contribution in [2.75, 3.05) is 26.6 Å². The summed E-state index contributed by atoms with van der Waals surface area (Å²) in [6.07, 6.45) is 0. The van der Waals surface area contributed by atoms with Crippen molar-refractivity contribution in [3.8, 4) is 28.6 Å². The Kier molecular flexibility index (Phi) is 5.59. The van der Waals surface area contributed by atoms with Crippen LogP contribution in [0.1, 0.15) is 0 Å². The van der Waals surface area contributed by atoms with Gasteiger partial charge < -0.3 is 19.5 Å². The van der Waals surface area contributed by atoms with Gasteiger partial charge >= 0.3 is 0 Å². The number of halogens is 1. The molecule has 6 nitrogen and oxygen atoms in total. The van der Waals surface area contributed by atoms with E-state index in [1.54, 1.807) is 21.3 Å². The third kappa shape index (κ3) is 3.82. The molecule has 0 saturated heterocycles. The molecule has 0 bridgehead atoms. The molecule has 0 aliphatic heterocycles. The van der Waals surface area contributed by atoms with Crippen LogP contribution in [0, 0.1) is 0 Å². The molecule has 30 heavy (non-hydrogen) atoms. The highest BCUT2D eigenvalue weighted by molar-refractivity contribution is 6.30. The lowest BCUT2D eigenvalue weighted by atomic mass is 10.1. The Morgan fingerprint density at radius 2 is 1.53 bits per heavy atom. The Labute approximate surface area is 179 Å². The molecule has 1 aromatic heterocycles. The molecule has 1 heterocycles. The summed E-state index contributed by atoms with van der Waals surface area (Å²) >= 11 is 6.14. The Bertz CT molecular complexity index is 1190. The maximum atomic E-state index is 6.14. The first-order chi connectivity index (χ1) is 14.6. The summed E-state index contributed by atoms with van der Waals surface area (Å²) in [6.45, 7) is 0. The van der Waals surface area contributed by atoms with Crippen molar-refractivity contribution >= 4 is 34.0 Å². The van der Waals surface area contributed by atoms with Crippen LogP contribution in [0.4, 0.5) is 11.5 Å². The molecule has 3 aromatic carbocycles. The van der Waals surface area contributed by atoms with Gasteiger partial charge in [-0.15, -0.1) is 0 Å². The lowest BCUT2D eigenvalue weighted by Crippen LogP contribution is -2.01. The Hall–Kier alpha value is -3.51. The molecule has 0 radical (unpaired) electrons. The van der Waals surface area contributed by atoms with Crippen LogP contribution in [-0.2, 0) is 0 Å². The topological polar surface area (TPSA) is 65.5 Å². The maximum Gasteiger partial charge on any atom is 0.203 e. The fourth-order valence-electron chi connectivity index (χ4n) is 3.21. The molecule has 0 amide bonds. The molecule has 4 rings (SSSR count). The zero-order chi connectivity index (χ0) is 21.1. The minimum absolute atomic E-state index is 0.516. The van der Waals surface area contributed by atoms with Crippen LogP contribution in [0.2, 0.25) is 5.02 Å². The lowest BCUT2D eigenvalue weighted by Gasteiger charge is -2.15. The van der Waals surface area contributed by atoms with E-state index < -0.39 is 0 Å².